The molecule has 3 N–H and O–H groups in total. The van der Waals surface area contributed by atoms with Crippen LogP contribution in [0.1, 0.15) is 17.0 Å². The van der Waals surface area contributed by atoms with Crippen molar-refractivity contribution in [1.82, 2.24) is 5.32 Å². The maximum atomic E-state index is 13.1. The molecule has 6 nitrogen and oxygen atoms in total. The van der Waals surface area contributed by atoms with E-state index in [0.717, 1.165) is 11.1 Å². The summed E-state index contributed by atoms with van der Waals surface area (Å²) in [6.07, 6.45) is 0. The van der Waals surface area contributed by atoms with Crippen molar-refractivity contribution < 1.29 is 19.4 Å². The zero-order chi connectivity index (χ0) is 21.3. The SMILES string of the molecule is COc1cccc(NC(=O)C(CO)NC(=O)C(c2ccccc2)c2ccccc2)c1. The van der Waals surface area contributed by atoms with Crippen LogP contribution in [0.2, 0.25) is 0 Å². The molecule has 0 spiro atoms. The number of anilines is 1. The molecule has 3 rings (SSSR count). The van der Waals surface area contributed by atoms with Crippen LogP contribution in [-0.2, 0) is 9.59 Å². The van der Waals surface area contributed by atoms with E-state index in [9.17, 15) is 14.7 Å². The fourth-order valence-corrected chi connectivity index (χ4v) is 3.17. The molecule has 3 aromatic carbocycles. The lowest BCUT2D eigenvalue weighted by molar-refractivity contribution is -0.127. The smallest absolute Gasteiger partial charge is 0.249 e. The second kappa shape index (κ2) is 10.2. The summed E-state index contributed by atoms with van der Waals surface area (Å²) in [7, 11) is 1.53. The van der Waals surface area contributed by atoms with Crippen LogP contribution in [0.3, 0.4) is 0 Å². The third kappa shape index (κ3) is 5.24. The van der Waals surface area contributed by atoms with Gasteiger partial charge in [-0.25, -0.2) is 0 Å². The van der Waals surface area contributed by atoms with E-state index >= 15 is 0 Å². The van der Waals surface area contributed by atoms with Crippen LogP contribution in [0, 0.1) is 0 Å². The summed E-state index contributed by atoms with van der Waals surface area (Å²) in [5.74, 6) is -0.900. The molecule has 0 aliphatic rings. The number of benzene rings is 3. The van der Waals surface area contributed by atoms with Crippen molar-refractivity contribution in [2.75, 3.05) is 19.0 Å². The van der Waals surface area contributed by atoms with Crippen molar-refractivity contribution >= 4 is 17.5 Å². The molecule has 30 heavy (non-hydrogen) atoms. The molecule has 3 aromatic rings. The van der Waals surface area contributed by atoms with E-state index in [-0.39, 0.29) is 5.91 Å². The highest BCUT2D eigenvalue weighted by atomic mass is 16.5. The van der Waals surface area contributed by atoms with Gasteiger partial charge in [-0.05, 0) is 23.3 Å². The van der Waals surface area contributed by atoms with Gasteiger partial charge in [-0.3, -0.25) is 9.59 Å². The van der Waals surface area contributed by atoms with Gasteiger partial charge >= 0.3 is 0 Å². The van der Waals surface area contributed by atoms with Gasteiger partial charge in [0.15, 0.2) is 0 Å². The number of carbonyl (C=O) groups excluding carboxylic acids is 2. The Balaban J connectivity index is 1.78. The van der Waals surface area contributed by atoms with Crippen LogP contribution >= 0.6 is 0 Å². The van der Waals surface area contributed by atoms with Crippen molar-refractivity contribution in [1.29, 1.82) is 0 Å². The number of amides is 2. The Morgan fingerprint density at radius 1 is 0.867 bits per heavy atom. The van der Waals surface area contributed by atoms with Gasteiger partial charge in [0.1, 0.15) is 11.8 Å². The molecule has 1 unspecified atom stereocenters. The molecule has 0 radical (unpaired) electrons. The van der Waals surface area contributed by atoms with E-state index in [1.807, 2.05) is 60.7 Å². The number of nitrogens with one attached hydrogen (secondary N) is 2. The zero-order valence-corrected chi connectivity index (χ0v) is 16.6. The minimum Gasteiger partial charge on any atom is -0.497 e. The van der Waals surface area contributed by atoms with E-state index < -0.39 is 24.5 Å². The van der Waals surface area contributed by atoms with Gasteiger partial charge in [0.25, 0.3) is 0 Å². The van der Waals surface area contributed by atoms with E-state index in [2.05, 4.69) is 10.6 Å². The Morgan fingerprint density at radius 3 is 2.00 bits per heavy atom. The van der Waals surface area contributed by atoms with Gasteiger partial charge in [-0.15, -0.1) is 0 Å². The molecule has 154 valence electrons. The number of carbonyl (C=O) groups is 2. The molecule has 0 aromatic heterocycles. The van der Waals surface area contributed by atoms with Crippen molar-refractivity contribution in [2.24, 2.45) is 0 Å². The predicted octanol–water partition coefficient (Wildman–Crippen LogP) is 2.94. The summed E-state index contributed by atoms with van der Waals surface area (Å²) < 4.78 is 5.15. The summed E-state index contributed by atoms with van der Waals surface area (Å²) in [5, 5.41) is 15.1. The maximum absolute atomic E-state index is 13.1. The first-order valence-electron chi connectivity index (χ1n) is 9.58. The molecule has 2 amide bonds. The number of methoxy groups -OCH3 is 1. The molecular formula is C24H24N2O4. The summed E-state index contributed by atoms with van der Waals surface area (Å²) in [4.78, 5) is 25.8. The van der Waals surface area contributed by atoms with Gasteiger partial charge in [0.2, 0.25) is 11.8 Å². The molecule has 0 bridgehead atoms. The third-order valence-electron chi connectivity index (χ3n) is 4.68. The van der Waals surface area contributed by atoms with Crippen LogP contribution in [-0.4, -0.2) is 36.7 Å². The molecule has 0 aliphatic heterocycles. The highest BCUT2D eigenvalue weighted by Gasteiger charge is 2.27. The fourth-order valence-electron chi connectivity index (χ4n) is 3.17. The summed E-state index contributed by atoms with van der Waals surface area (Å²) >= 11 is 0. The number of hydrogen-bond acceptors (Lipinski definition) is 4. The highest BCUT2D eigenvalue weighted by Crippen LogP contribution is 2.25. The summed E-state index contributed by atoms with van der Waals surface area (Å²) in [6.45, 7) is -0.530. The van der Waals surface area contributed by atoms with Gasteiger partial charge in [-0.2, -0.15) is 0 Å². The molecule has 0 aliphatic carbocycles. The Labute approximate surface area is 175 Å². The standard InChI is InChI=1S/C24H24N2O4/c1-30-20-14-8-13-19(15-20)25-23(28)21(16-27)26-24(29)22(17-9-4-2-5-10-17)18-11-6-3-7-12-18/h2-15,21-22,27H,16H2,1H3,(H,25,28)(H,26,29). The molecule has 0 saturated carbocycles. The van der Waals surface area contributed by atoms with Gasteiger partial charge in [0, 0.05) is 11.8 Å². The maximum Gasteiger partial charge on any atom is 0.249 e. The lowest BCUT2D eigenvalue weighted by Crippen LogP contribution is -2.47. The molecular weight excluding hydrogens is 380 g/mol. The van der Waals surface area contributed by atoms with E-state index in [0.29, 0.717) is 11.4 Å². The lowest BCUT2D eigenvalue weighted by atomic mass is 9.90. The third-order valence-corrected chi connectivity index (χ3v) is 4.68. The number of aliphatic hydroxyl groups excluding tert-OH is 1. The zero-order valence-electron chi connectivity index (χ0n) is 16.6. The number of rotatable bonds is 8. The second-order valence-electron chi connectivity index (χ2n) is 6.72. The quantitative estimate of drug-likeness (QED) is 0.539. The number of aliphatic hydroxyl groups is 1. The molecule has 1 atom stereocenters. The predicted molar refractivity (Wildman–Crippen MR) is 115 cm³/mol. The molecule has 0 heterocycles. The topological polar surface area (TPSA) is 87.7 Å². The van der Waals surface area contributed by atoms with Crippen LogP contribution in [0.15, 0.2) is 84.9 Å². The van der Waals surface area contributed by atoms with E-state index in [1.165, 1.54) is 7.11 Å². The molecule has 0 saturated heterocycles. The number of ether oxygens (including phenoxy) is 1. The summed E-state index contributed by atoms with van der Waals surface area (Å²) in [6, 6.07) is 24.4. The molecule has 6 heteroatoms. The van der Waals surface area contributed by atoms with Crippen molar-refractivity contribution in [3.63, 3.8) is 0 Å². The normalized spacial score (nSPS) is 11.6. The van der Waals surface area contributed by atoms with Crippen LogP contribution in [0.4, 0.5) is 5.69 Å². The van der Waals surface area contributed by atoms with Crippen molar-refractivity contribution in [3.05, 3.63) is 96.1 Å². The van der Waals surface area contributed by atoms with Crippen LogP contribution in [0.25, 0.3) is 0 Å². The van der Waals surface area contributed by atoms with E-state index in [4.69, 9.17) is 4.74 Å². The van der Waals surface area contributed by atoms with Crippen LogP contribution in [0.5, 0.6) is 5.75 Å². The Hall–Kier alpha value is -3.64. The largest absolute Gasteiger partial charge is 0.497 e. The second-order valence-corrected chi connectivity index (χ2v) is 6.72. The monoisotopic (exact) mass is 404 g/mol. The first-order valence-corrected chi connectivity index (χ1v) is 9.58. The highest BCUT2D eigenvalue weighted by molar-refractivity contribution is 5.98. The Bertz CT molecular complexity index is 937. The van der Waals surface area contributed by atoms with E-state index in [1.54, 1.807) is 24.3 Å². The van der Waals surface area contributed by atoms with Gasteiger partial charge < -0.3 is 20.5 Å². The van der Waals surface area contributed by atoms with Gasteiger partial charge in [0.05, 0.1) is 19.6 Å². The Morgan fingerprint density at radius 2 is 1.47 bits per heavy atom. The minimum absolute atomic E-state index is 0.368. The Kier molecular flexibility index (Phi) is 7.19. The first-order chi connectivity index (χ1) is 14.6. The lowest BCUT2D eigenvalue weighted by Gasteiger charge is -2.22. The molecule has 0 fully saturated rings. The van der Waals surface area contributed by atoms with Crippen LogP contribution < -0.4 is 15.4 Å². The average molecular weight is 404 g/mol. The fraction of sp³-hybridized carbons (Fsp3) is 0.167. The summed E-state index contributed by atoms with van der Waals surface area (Å²) in [5.41, 5.74) is 2.10. The number of hydrogen-bond donors (Lipinski definition) is 3. The first kappa shape index (κ1) is 21.1. The van der Waals surface area contributed by atoms with Crippen molar-refractivity contribution in [3.8, 4) is 5.75 Å². The minimum atomic E-state index is -1.10. The van der Waals surface area contributed by atoms with Crippen molar-refractivity contribution in [2.45, 2.75) is 12.0 Å². The average Bonchev–Trinajstić information content (AvgIpc) is 2.79. The van der Waals surface area contributed by atoms with Gasteiger partial charge in [-0.1, -0.05) is 66.7 Å².